The van der Waals surface area contributed by atoms with E-state index in [1.165, 1.54) is 5.56 Å². The van der Waals surface area contributed by atoms with Gasteiger partial charge in [-0.25, -0.2) is 0 Å². The van der Waals surface area contributed by atoms with Crippen LogP contribution in [0.25, 0.3) is 0 Å². The normalized spacial score (nSPS) is 11.3. The lowest BCUT2D eigenvalue weighted by Crippen LogP contribution is -2.26. The topological polar surface area (TPSA) is 48.1 Å². The molecule has 3 heteroatoms. The summed E-state index contributed by atoms with van der Waals surface area (Å²) in [6, 6.07) is 14.1. The van der Waals surface area contributed by atoms with E-state index in [0.717, 1.165) is 30.8 Å². The highest BCUT2D eigenvalue weighted by molar-refractivity contribution is 5.28. The van der Waals surface area contributed by atoms with Crippen LogP contribution in [0.1, 0.15) is 31.5 Å². The fourth-order valence-electron chi connectivity index (χ4n) is 2.10. The van der Waals surface area contributed by atoms with Crippen LogP contribution < -0.4 is 10.5 Å². The molecule has 2 N–H and O–H groups in total. The van der Waals surface area contributed by atoms with Gasteiger partial charge in [-0.1, -0.05) is 18.2 Å². The van der Waals surface area contributed by atoms with E-state index in [1.807, 2.05) is 44.2 Å². The third kappa shape index (κ3) is 3.81. The molecule has 0 atom stereocenters. The van der Waals surface area contributed by atoms with Gasteiger partial charge in [0.05, 0.1) is 5.69 Å². The summed E-state index contributed by atoms with van der Waals surface area (Å²) in [4.78, 5) is 4.37. The number of hydrogen-bond acceptors (Lipinski definition) is 3. The third-order valence-electron chi connectivity index (χ3n) is 3.25. The Kier molecular flexibility index (Phi) is 4.74. The standard InChI is InChI=1S/C17H22N2O/c1-17(2,16-7-3-4-13-19-16)20-15-10-8-14(9-11-15)6-5-12-18/h3-4,7-11,13H,5-6,12,18H2,1-2H3. The van der Waals surface area contributed by atoms with Crippen LogP contribution in [0.5, 0.6) is 5.75 Å². The Morgan fingerprint density at radius 2 is 1.85 bits per heavy atom. The summed E-state index contributed by atoms with van der Waals surface area (Å²) in [6.07, 6.45) is 3.82. The number of ether oxygens (including phenoxy) is 1. The SMILES string of the molecule is CC(C)(Oc1ccc(CCCN)cc1)c1ccccn1. The van der Waals surface area contributed by atoms with E-state index in [9.17, 15) is 0 Å². The van der Waals surface area contributed by atoms with Gasteiger partial charge in [0.15, 0.2) is 0 Å². The minimum Gasteiger partial charge on any atom is -0.482 e. The highest BCUT2D eigenvalue weighted by Crippen LogP contribution is 2.26. The summed E-state index contributed by atoms with van der Waals surface area (Å²) in [7, 11) is 0. The van der Waals surface area contributed by atoms with Crippen LogP contribution in [-0.4, -0.2) is 11.5 Å². The molecule has 2 rings (SSSR count). The molecule has 1 aromatic heterocycles. The van der Waals surface area contributed by atoms with Gasteiger partial charge in [-0.2, -0.15) is 0 Å². The lowest BCUT2D eigenvalue weighted by molar-refractivity contribution is 0.104. The van der Waals surface area contributed by atoms with Gasteiger partial charge in [-0.15, -0.1) is 0 Å². The van der Waals surface area contributed by atoms with Crippen LogP contribution in [0.15, 0.2) is 48.7 Å². The minimum atomic E-state index is -0.444. The molecule has 3 nitrogen and oxygen atoms in total. The number of benzene rings is 1. The van der Waals surface area contributed by atoms with Crippen LogP contribution in [0.2, 0.25) is 0 Å². The van der Waals surface area contributed by atoms with Crippen LogP contribution in [0.3, 0.4) is 0 Å². The fourth-order valence-corrected chi connectivity index (χ4v) is 2.10. The Morgan fingerprint density at radius 1 is 1.10 bits per heavy atom. The maximum Gasteiger partial charge on any atom is 0.145 e. The first kappa shape index (κ1) is 14.5. The second-order valence-electron chi connectivity index (χ2n) is 5.36. The number of hydrogen-bond donors (Lipinski definition) is 1. The lowest BCUT2D eigenvalue weighted by atomic mass is 10.0. The van der Waals surface area contributed by atoms with E-state index in [2.05, 4.69) is 17.1 Å². The van der Waals surface area contributed by atoms with Crippen LogP contribution in [0, 0.1) is 0 Å². The highest BCUT2D eigenvalue weighted by atomic mass is 16.5. The van der Waals surface area contributed by atoms with Crippen LogP contribution in [0.4, 0.5) is 0 Å². The molecule has 0 unspecified atom stereocenters. The molecule has 0 aliphatic carbocycles. The van der Waals surface area contributed by atoms with Crippen molar-refractivity contribution >= 4 is 0 Å². The Bertz CT molecular complexity index is 520. The summed E-state index contributed by atoms with van der Waals surface area (Å²) in [5.74, 6) is 0.858. The molecule has 1 aromatic carbocycles. The van der Waals surface area contributed by atoms with Crippen LogP contribution in [-0.2, 0) is 12.0 Å². The Morgan fingerprint density at radius 3 is 2.45 bits per heavy atom. The number of aromatic nitrogens is 1. The van der Waals surface area contributed by atoms with Crippen molar-refractivity contribution in [1.82, 2.24) is 4.98 Å². The number of pyridine rings is 1. The lowest BCUT2D eigenvalue weighted by Gasteiger charge is -2.26. The van der Waals surface area contributed by atoms with Gasteiger partial charge in [-0.3, -0.25) is 4.98 Å². The summed E-state index contributed by atoms with van der Waals surface area (Å²) >= 11 is 0. The fraction of sp³-hybridized carbons (Fsp3) is 0.353. The molecule has 2 aromatic rings. The Balaban J connectivity index is 2.06. The summed E-state index contributed by atoms with van der Waals surface area (Å²) in [6.45, 7) is 4.78. The summed E-state index contributed by atoms with van der Waals surface area (Å²) in [5, 5.41) is 0. The molecule has 0 saturated carbocycles. The zero-order valence-corrected chi connectivity index (χ0v) is 12.2. The monoisotopic (exact) mass is 270 g/mol. The molecular formula is C17H22N2O. The van der Waals surface area contributed by atoms with Crippen molar-refractivity contribution in [2.24, 2.45) is 5.73 Å². The molecule has 20 heavy (non-hydrogen) atoms. The van der Waals surface area contributed by atoms with Crippen molar-refractivity contribution in [1.29, 1.82) is 0 Å². The second-order valence-corrected chi connectivity index (χ2v) is 5.36. The van der Waals surface area contributed by atoms with Crippen molar-refractivity contribution in [3.8, 4) is 5.75 Å². The van der Waals surface area contributed by atoms with Crippen molar-refractivity contribution in [3.63, 3.8) is 0 Å². The first-order valence-electron chi connectivity index (χ1n) is 7.01. The van der Waals surface area contributed by atoms with Crippen molar-refractivity contribution in [2.45, 2.75) is 32.3 Å². The quantitative estimate of drug-likeness (QED) is 0.876. The van der Waals surface area contributed by atoms with Gasteiger partial charge in [0.1, 0.15) is 11.4 Å². The van der Waals surface area contributed by atoms with Crippen molar-refractivity contribution in [2.75, 3.05) is 6.54 Å². The van der Waals surface area contributed by atoms with Crippen LogP contribution >= 0.6 is 0 Å². The Labute approximate surface area is 120 Å². The first-order chi connectivity index (χ1) is 9.62. The summed E-state index contributed by atoms with van der Waals surface area (Å²) in [5.41, 5.74) is 7.29. The molecule has 0 saturated heterocycles. The van der Waals surface area contributed by atoms with Gasteiger partial charge in [0.25, 0.3) is 0 Å². The molecule has 106 valence electrons. The number of aryl methyl sites for hydroxylation is 1. The largest absolute Gasteiger partial charge is 0.482 e. The zero-order chi connectivity index (χ0) is 14.4. The first-order valence-corrected chi connectivity index (χ1v) is 7.01. The number of nitrogens with zero attached hydrogens (tertiary/aromatic N) is 1. The molecule has 0 bridgehead atoms. The molecule has 0 aliphatic heterocycles. The van der Waals surface area contributed by atoms with E-state index < -0.39 is 5.60 Å². The van der Waals surface area contributed by atoms with Gasteiger partial charge in [0, 0.05) is 6.20 Å². The predicted octanol–water partition coefficient (Wildman–Crippen LogP) is 3.29. The number of rotatable bonds is 6. The van der Waals surface area contributed by atoms with E-state index in [-0.39, 0.29) is 0 Å². The van der Waals surface area contributed by atoms with Crippen molar-refractivity contribution < 1.29 is 4.74 Å². The highest BCUT2D eigenvalue weighted by Gasteiger charge is 2.23. The van der Waals surface area contributed by atoms with Gasteiger partial charge in [0.2, 0.25) is 0 Å². The van der Waals surface area contributed by atoms with Gasteiger partial charge in [-0.05, 0) is 63.1 Å². The molecule has 1 heterocycles. The van der Waals surface area contributed by atoms with E-state index >= 15 is 0 Å². The maximum absolute atomic E-state index is 6.06. The Hall–Kier alpha value is -1.87. The molecule has 0 radical (unpaired) electrons. The molecular weight excluding hydrogens is 248 g/mol. The minimum absolute atomic E-state index is 0.444. The molecule has 0 amide bonds. The molecule has 0 aliphatic rings. The van der Waals surface area contributed by atoms with Crippen molar-refractivity contribution in [3.05, 3.63) is 59.9 Å². The zero-order valence-electron chi connectivity index (χ0n) is 12.2. The second kappa shape index (κ2) is 6.53. The van der Waals surface area contributed by atoms with E-state index in [0.29, 0.717) is 0 Å². The average Bonchev–Trinajstić information content (AvgIpc) is 2.47. The van der Waals surface area contributed by atoms with E-state index in [1.54, 1.807) is 6.20 Å². The van der Waals surface area contributed by atoms with Gasteiger partial charge >= 0.3 is 0 Å². The van der Waals surface area contributed by atoms with E-state index in [4.69, 9.17) is 10.5 Å². The average molecular weight is 270 g/mol. The number of nitrogens with two attached hydrogens (primary N) is 1. The third-order valence-corrected chi connectivity index (χ3v) is 3.25. The molecule has 0 spiro atoms. The maximum atomic E-state index is 6.06. The summed E-state index contributed by atoms with van der Waals surface area (Å²) < 4.78 is 6.06. The van der Waals surface area contributed by atoms with Gasteiger partial charge < -0.3 is 10.5 Å². The smallest absolute Gasteiger partial charge is 0.145 e. The molecule has 0 fully saturated rings. The predicted molar refractivity (Wildman–Crippen MR) is 81.7 cm³/mol.